The third kappa shape index (κ3) is 3.14. The SMILES string of the molecule is CC(CN)(NC(=O)c1csc(S(N)(=O)=O)c1)C1CC1. The van der Waals surface area contributed by atoms with Gasteiger partial charge in [-0.15, -0.1) is 11.3 Å². The molecule has 1 heterocycles. The lowest BCUT2D eigenvalue weighted by Crippen LogP contribution is -2.53. The van der Waals surface area contributed by atoms with Gasteiger partial charge in [0.2, 0.25) is 10.0 Å². The minimum Gasteiger partial charge on any atom is -0.345 e. The second-order valence-corrected chi connectivity index (χ2v) is 7.75. The first-order valence-electron chi connectivity index (χ1n) is 5.90. The van der Waals surface area contributed by atoms with Gasteiger partial charge >= 0.3 is 0 Å². The predicted octanol–water partition coefficient (Wildman–Crippen LogP) is 0.253. The van der Waals surface area contributed by atoms with Gasteiger partial charge in [-0.2, -0.15) is 0 Å². The van der Waals surface area contributed by atoms with Crippen molar-refractivity contribution in [1.29, 1.82) is 0 Å². The molecule has 1 unspecified atom stereocenters. The molecule has 0 aliphatic heterocycles. The van der Waals surface area contributed by atoms with Crippen molar-refractivity contribution >= 4 is 27.3 Å². The van der Waals surface area contributed by atoms with E-state index >= 15 is 0 Å². The number of nitrogens with one attached hydrogen (secondary N) is 1. The predicted molar refractivity (Wildman–Crippen MR) is 73.3 cm³/mol. The maximum Gasteiger partial charge on any atom is 0.252 e. The van der Waals surface area contributed by atoms with Crippen LogP contribution >= 0.6 is 11.3 Å². The summed E-state index contributed by atoms with van der Waals surface area (Å²) in [6.07, 6.45) is 2.11. The largest absolute Gasteiger partial charge is 0.345 e. The summed E-state index contributed by atoms with van der Waals surface area (Å²) >= 11 is 0.937. The summed E-state index contributed by atoms with van der Waals surface area (Å²) in [5.74, 6) is 0.0868. The molecule has 0 spiro atoms. The Balaban J connectivity index is 2.14. The molecular weight excluding hydrogens is 286 g/mol. The molecule has 1 atom stereocenters. The van der Waals surface area contributed by atoms with Crippen molar-refractivity contribution in [2.45, 2.75) is 29.5 Å². The highest BCUT2D eigenvalue weighted by Gasteiger charge is 2.41. The van der Waals surface area contributed by atoms with Crippen molar-refractivity contribution in [2.75, 3.05) is 6.54 Å². The van der Waals surface area contributed by atoms with Crippen molar-refractivity contribution in [3.8, 4) is 0 Å². The molecule has 0 bridgehead atoms. The fourth-order valence-corrected chi connectivity index (χ4v) is 3.54. The first-order valence-corrected chi connectivity index (χ1v) is 8.33. The van der Waals surface area contributed by atoms with Crippen LogP contribution in [0, 0.1) is 5.92 Å². The molecule has 1 aliphatic rings. The first kappa shape index (κ1) is 14.4. The van der Waals surface area contributed by atoms with Gasteiger partial charge in [0.1, 0.15) is 4.21 Å². The number of hydrogen-bond acceptors (Lipinski definition) is 5. The Kier molecular flexibility index (Phi) is 3.69. The van der Waals surface area contributed by atoms with Crippen molar-refractivity contribution < 1.29 is 13.2 Å². The molecule has 0 aromatic carbocycles. The van der Waals surface area contributed by atoms with E-state index < -0.39 is 15.6 Å². The molecule has 1 amide bonds. The molecule has 1 fully saturated rings. The summed E-state index contributed by atoms with van der Waals surface area (Å²) in [5.41, 5.74) is 5.59. The third-order valence-corrected chi connectivity index (χ3v) is 5.81. The molecule has 8 heteroatoms. The molecule has 2 rings (SSSR count). The van der Waals surface area contributed by atoms with Crippen LogP contribution in [0.2, 0.25) is 0 Å². The molecule has 1 saturated carbocycles. The van der Waals surface area contributed by atoms with Gasteiger partial charge in [-0.05, 0) is 31.7 Å². The van der Waals surface area contributed by atoms with Crippen LogP contribution in [0.4, 0.5) is 0 Å². The van der Waals surface area contributed by atoms with Crippen LogP contribution in [0.1, 0.15) is 30.1 Å². The standard InChI is InChI=1S/C11H17N3O3S2/c1-11(6-12,8-2-3-8)14-10(15)7-4-9(18-5-7)19(13,16)17/h4-5,8H,2-3,6,12H2,1H3,(H,14,15)(H2,13,16,17). The Bertz CT molecular complexity index is 592. The van der Waals surface area contributed by atoms with Crippen molar-refractivity contribution in [2.24, 2.45) is 16.8 Å². The minimum atomic E-state index is -3.75. The van der Waals surface area contributed by atoms with Gasteiger partial charge < -0.3 is 11.1 Å². The van der Waals surface area contributed by atoms with E-state index in [1.54, 1.807) is 0 Å². The molecule has 106 valence electrons. The third-order valence-electron chi connectivity index (χ3n) is 3.42. The van der Waals surface area contributed by atoms with E-state index in [-0.39, 0.29) is 10.1 Å². The lowest BCUT2D eigenvalue weighted by Gasteiger charge is -2.29. The monoisotopic (exact) mass is 303 g/mol. The summed E-state index contributed by atoms with van der Waals surface area (Å²) in [6.45, 7) is 2.27. The molecular formula is C11H17N3O3S2. The van der Waals surface area contributed by atoms with Crippen LogP contribution in [-0.2, 0) is 10.0 Å². The molecule has 1 aromatic rings. The van der Waals surface area contributed by atoms with Gasteiger partial charge in [0.05, 0.1) is 11.1 Å². The van der Waals surface area contributed by atoms with E-state index in [1.165, 1.54) is 11.4 Å². The summed E-state index contributed by atoms with van der Waals surface area (Å²) < 4.78 is 22.3. The zero-order chi connectivity index (χ0) is 14.3. The first-order chi connectivity index (χ1) is 8.76. The molecule has 1 aliphatic carbocycles. The van der Waals surface area contributed by atoms with Gasteiger partial charge in [0, 0.05) is 11.9 Å². The van der Waals surface area contributed by atoms with Crippen LogP contribution in [0.5, 0.6) is 0 Å². The molecule has 0 saturated heterocycles. The van der Waals surface area contributed by atoms with Gasteiger partial charge in [-0.25, -0.2) is 13.6 Å². The zero-order valence-electron chi connectivity index (χ0n) is 10.5. The molecule has 0 radical (unpaired) electrons. The summed E-state index contributed by atoms with van der Waals surface area (Å²) in [5, 5.41) is 9.39. The minimum absolute atomic E-state index is 0.0153. The number of carbonyl (C=O) groups is 1. The lowest BCUT2D eigenvalue weighted by molar-refractivity contribution is 0.0898. The van der Waals surface area contributed by atoms with Crippen LogP contribution in [0.3, 0.4) is 0 Å². The average molecular weight is 303 g/mol. The Labute approximate surface area is 116 Å². The second kappa shape index (κ2) is 4.86. The van der Waals surface area contributed by atoms with Gasteiger partial charge in [0.25, 0.3) is 5.91 Å². The molecule has 5 N–H and O–H groups in total. The number of rotatable bonds is 5. The average Bonchev–Trinajstić information content (AvgIpc) is 3.05. The highest BCUT2D eigenvalue weighted by molar-refractivity contribution is 7.91. The van der Waals surface area contributed by atoms with Gasteiger partial charge in [-0.3, -0.25) is 4.79 Å². The van der Waals surface area contributed by atoms with Crippen molar-refractivity contribution in [3.63, 3.8) is 0 Å². The maximum absolute atomic E-state index is 12.1. The fraction of sp³-hybridized carbons (Fsp3) is 0.545. The van der Waals surface area contributed by atoms with E-state index in [0.717, 1.165) is 24.2 Å². The van der Waals surface area contributed by atoms with Crippen LogP contribution in [0.25, 0.3) is 0 Å². The summed E-state index contributed by atoms with van der Waals surface area (Å²) in [6, 6.07) is 1.29. The summed E-state index contributed by atoms with van der Waals surface area (Å²) in [7, 11) is -3.75. The fourth-order valence-electron chi connectivity index (χ4n) is 1.96. The highest BCUT2D eigenvalue weighted by atomic mass is 32.2. The Hall–Kier alpha value is -0.960. The van der Waals surface area contributed by atoms with Crippen molar-refractivity contribution in [1.82, 2.24) is 5.32 Å². The number of thiophene rings is 1. The van der Waals surface area contributed by atoms with Crippen molar-refractivity contribution in [3.05, 3.63) is 17.0 Å². The summed E-state index contributed by atoms with van der Waals surface area (Å²) in [4.78, 5) is 12.1. The Morgan fingerprint density at radius 2 is 2.21 bits per heavy atom. The van der Waals surface area contributed by atoms with Gasteiger partial charge in [-0.1, -0.05) is 0 Å². The topological polar surface area (TPSA) is 115 Å². The molecule has 6 nitrogen and oxygen atoms in total. The number of hydrogen-bond donors (Lipinski definition) is 3. The van der Waals surface area contributed by atoms with Crippen LogP contribution in [-0.4, -0.2) is 26.4 Å². The van der Waals surface area contributed by atoms with Gasteiger partial charge in [0.15, 0.2) is 0 Å². The number of amides is 1. The van der Waals surface area contributed by atoms with E-state index in [2.05, 4.69) is 5.32 Å². The molecule has 1 aromatic heterocycles. The Morgan fingerprint density at radius 1 is 1.58 bits per heavy atom. The van der Waals surface area contributed by atoms with E-state index in [9.17, 15) is 13.2 Å². The number of primary sulfonamides is 1. The maximum atomic E-state index is 12.1. The number of sulfonamides is 1. The van der Waals surface area contributed by atoms with E-state index in [0.29, 0.717) is 18.0 Å². The lowest BCUT2D eigenvalue weighted by atomic mass is 9.95. The smallest absolute Gasteiger partial charge is 0.252 e. The number of nitrogens with two attached hydrogens (primary N) is 2. The van der Waals surface area contributed by atoms with E-state index in [1.807, 2.05) is 6.92 Å². The normalized spacial score (nSPS) is 18.9. The highest BCUT2D eigenvalue weighted by Crippen LogP contribution is 2.39. The number of carbonyl (C=O) groups excluding carboxylic acids is 1. The Morgan fingerprint density at radius 3 is 2.63 bits per heavy atom. The van der Waals surface area contributed by atoms with E-state index in [4.69, 9.17) is 10.9 Å². The second-order valence-electron chi connectivity index (χ2n) is 5.05. The molecule has 19 heavy (non-hydrogen) atoms. The quantitative estimate of drug-likeness (QED) is 0.723. The zero-order valence-corrected chi connectivity index (χ0v) is 12.2. The van der Waals surface area contributed by atoms with Crippen LogP contribution < -0.4 is 16.2 Å². The van der Waals surface area contributed by atoms with Crippen LogP contribution in [0.15, 0.2) is 15.7 Å².